The molecule has 0 radical (unpaired) electrons. The van der Waals surface area contributed by atoms with Crippen molar-refractivity contribution < 1.29 is 4.42 Å². The molecule has 306 valence electrons. The number of hydrogen-bond donors (Lipinski definition) is 0. The molecule has 2 heterocycles. The summed E-state index contributed by atoms with van der Waals surface area (Å²) >= 11 is 0. The van der Waals surface area contributed by atoms with E-state index >= 15 is 0 Å². The number of hydrogen-bond acceptors (Lipinski definition) is 2. The molecule has 0 saturated carbocycles. The van der Waals surface area contributed by atoms with E-state index in [0.29, 0.717) is 0 Å². The van der Waals surface area contributed by atoms with Gasteiger partial charge in [0.15, 0.2) is 0 Å². The number of rotatable bonds is 7. The molecule has 3 heteroatoms. The number of anilines is 3. The third kappa shape index (κ3) is 5.69. The van der Waals surface area contributed by atoms with Crippen LogP contribution in [0.3, 0.4) is 0 Å². The van der Waals surface area contributed by atoms with Crippen LogP contribution < -0.4 is 4.90 Å². The van der Waals surface area contributed by atoms with Gasteiger partial charge in [0, 0.05) is 55.1 Å². The van der Waals surface area contributed by atoms with Crippen molar-refractivity contribution in [3.05, 3.63) is 253 Å². The summed E-state index contributed by atoms with van der Waals surface area (Å²) in [7, 11) is 0. The lowest BCUT2D eigenvalue weighted by Crippen LogP contribution is -2.22. The van der Waals surface area contributed by atoms with Crippen LogP contribution in [0.15, 0.2) is 241 Å². The van der Waals surface area contributed by atoms with E-state index in [4.69, 9.17) is 4.42 Å². The second-order valence-corrected chi connectivity index (χ2v) is 17.4. The van der Waals surface area contributed by atoms with Crippen molar-refractivity contribution in [2.45, 2.75) is 12.3 Å². The van der Waals surface area contributed by atoms with E-state index in [1.54, 1.807) is 0 Å². The topological polar surface area (TPSA) is 21.3 Å². The summed E-state index contributed by atoms with van der Waals surface area (Å²) in [5.41, 5.74) is 19.3. The van der Waals surface area contributed by atoms with Gasteiger partial charge in [0.25, 0.3) is 0 Å². The maximum atomic E-state index is 6.50. The highest BCUT2D eigenvalue weighted by atomic mass is 16.3. The lowest BCUT2D eigenvalue weighted by atomic mass is 9.74. The molecular weight excluding hydrogens is 789 g/mol. The van der Waals surface area contributed by atoms with Crippen molar-refractivity contribution >= 4 is 60.8 Å². The molecule has 0 saturated heterocycles. The van der Waals surface area contributed by atoms with Crippen molar-refractivity contribution in [2.24, 2.45) is 0 Å². The number of para-hydroxylation sites is 4. The monoisotopic (exact) mass is 830 g/mol. The molecule has 0 fully saturated rings. The van der Waals surface area contributed by atoms with Crippen LogP contribution in [0.5, 0.6) is 0 Å². The molecule has 1 aliphatic carbocycles. The molecule has 1 unspecified atom stereocenters. The van der Waals surface area contributed by atoms with E-state index in [0.717, 1.165) is 55.8 Å². The average molecular weight is 831 g/mol. The fourth-order valence-electron chi connectivity index (χ4n) is 10.8. The largest absolute Gasteiger partial charge is 0.455 e. The zero-order valence-electron chi connectivity index (χ0n) is 35.8. The molecule has 10 aromatic carbocycles. The van der Waals surface area contributed by atoms with Gasteiger partial charge >= 0.3 is 0 Å². The Bertz CT molecular complexity index is 3770. The molecule has 0 amide bonds. The Morgan fingerprint density at radius 1 is 0.415 bits per heavy atom. The Hall–Kier alpha value is -8.40. The number of nitrogens with zero attached hydrogens (tertiary/aromatic N) is 2. The minimum absolute atomic E-state index is 0.323. The Kier molecular flexibility index (Phi) is 8.34. The highest BCUT2D eigenvalue weighted by molar-refractivity contribution is 6.11. The predicted molar refractivity (Wildman–Crippen MR) is 271 cm³/mol. The zero-order chi connectivity index (χ0) is 43.1. The fourth-order valence-corrected chi connectivity index (χ4v) is 10.8. The van der Waals surface area contributed by atoms with Crippen LogP contribution in [0.1, 0.15) is 23.6 Å². The van der Waals surface area contributed by atoms with Crippen LogP contribution >= 0.6 is 0 Å². The standard InChI is InChI=1S/C62H42N2O/c1-62(44-16-4-2-5-17-44)54-25-11-8-22-52(54)60-55(62)26-15-28-58(60)63(47-37-32-42(33-38-47)48-23-14-24-51-50-21-10-13-29-59(50)65-61(48)51)46-35-30-41(31-36-46)43-34-39-57-53(40-43)49-20-9-12-27-56(49)64(57)45-18-6-3-7-19-45/h2-40H,1H3. The summed E-state index contributed by atoms with van der Waals surface area (Å²) in [6.45, 7) is 2.39. The van der Waals surface area contributed by atoms with Crippen molar-refractivity contribution in [1.29, 1.82) is 0 Å². The summed E-state index contributed by atoms with van der Waals surface area (Å²) < 4.78 is 8.87. The van der Waals surface area contributed by atoms with Gasteiger partial charge in [-0.1, -0.05) is 170 Å². The van der Waals surface area contributed by atoms with Crippen molar-refractivity contribution in [2.75, 3.05) is 4.90 Å². The summed E-state index contributed by atoms with van der Waals surface area (Å²) in [4.78, 5) is 2.44. The molecule has 1 atom stereocenters. The van der Waals surface area contributed by atoms with Crippen LogP contribution in [-0.4, -0.2) is 4.57 Å². The van der Waals surface area contributed by atoms with E-state index in [1.165, 1.54) is 60.8 Å². The Labute approximate surface area is 377 Å². The molecule has 0 aliphatic heterocycles. The molecule has 12 aromatic rings. The van der Waals surface area contributed by atoms with Gasteiger partial charge in [-0.15, -0.1) is 0 Å². The lowest BCUT2D eigenvalue weighted by molar-refractivity contribution is 0.670. The molecule has 65 heavy (non-hydrogen) atoms. The molecule has 2 aromatic heterocycles. The number of aromatic nitrogens is 1. The van der Waals surface area contributed by atoms with Crippen molar-refractivity contribution in [3.63, 3.8) is 0 Å². The van der Waals surface area contributed by atoms with E-state index in [-0.39, 0.29) is 5.41 Å². The van der Waals surface area contributed by atoms with Gasteiger partial charge in [0.2, 0.25) is 0 Å². The fraction of sp³-hybridized carbons (Fsp3) is 0.0323. The third-order valence-corrected chi connectivity index (χ3v) is 13.9. The smallest absolute Gasteiger partial charge is 0.143 e. The number of benzene rings is 10. The van der Waals surface area contributed by atoms with Crippen LogP contribution in [0, 0.1) is 0 Å². The van der Waals surface area contributed by atoms with Crippen molar-refractivity contribution in [1.82, 2.24) is 4.57 Å². The van der Waals surface area contributed by atoms with Crippen LogP contribution in [-0.2, 0) is 5.41 Å². The minimum atomic E-state index is -0.323. The van der Waals surface area contributed by atoms with E-state index in [9.17, 15) is 0 Å². The highest BCUT2D eigenvalue weighted by Gasteiger charge is 2.42. The first kappa shape index (κ1) is 37.2. The van der Waals surface area contributed by atoms with Crippen LogP contribution in [0.2, 0.25) is 0 Å². The molecule has 13 rings (SSSR count). The van der Waals surface area contributed by atoms with Crippen molar-refractivity contribution in [3.8, 4) is 39.1 Å². The van der Waals surface area contributed by atoms with Crippen LogP contribution in [0.4, 0.5) is 17.1 Å². The zero-order valence-corrected chi connectivity index (χ0v) is 35.8. The molecule has 0 spiro atoms. The number of furan rings is 1. The molecule has 3 nitrogen and oxygen atoms in total. The van der Waals surface area contributed by atoms with Gasteiger partial charge in [0.05, 0.1) is 16.7 Å². The second-order valence-electron chi connectivity index (χ2n) is 17.4. The molecule has 0 bridgehead atoms. The van der Waals surface area contributed by atoms with Gasteiger partial charge in [0.1, 0.15) is 11.2 Å². The Balaban J connectivity index is 0.963. The van der Waals surface area contributed by atoms with E-state index in [2.05, 4.69) is 241 Å². The summed E-state index contributed by atoms with van der Waals surface area (Å²) in [5, 5.41) is 4.75. The molecular formula is C62H42N2O. The Morgan fingerprint density at radius 3 is 1.80 bits per heavy atom. The maximum Gasteiger partial charge on any atom is 0.143 e. The average Bonchev–Trinajstić information content (AvgIpc) is 4.01. The summed E-state index contributed by atoms with van der Waals surface area (Å²) in [6, 6.07) is 86.0. The highest BCUT2D eigenvalue weighted by Crippen LogP contribution is 2.57. The van der Waals surface area contributed by atoms with Gasteiger partial charge in [-0.25, -0.2) is 0 Å². The summed E-state index contributed by atoms with van der Waals surface area (Å²) in [5.74, 6) is 0. The first-order chi connectivity index (χ1) is 32.1. The lowest BCUT2D eigenvalue weighted by Gasteiger charge is -2.30. The quantitative estimate of drug-likeness (QED) is 0.160. The third-order valence-electron chi connectivity index (χ3n) is 13.9. The SMILES string of the molecule is CC1(c2ccccc2)c2ccccc2-c2c(N(c3ccc(-c4ccc5c(c4)c4ccccc4n5-c4ccccc4)cc3)c3ccc(-c4cccc5c4oc4ccccc45)cc3)cccc21. The number of fused-ring (bicyclic) bond motifs is 9. The van der Waals surface area contributed by atoms with Gasteiger partial charge < -0.3 is 13.9 Å². The molecule has 1 aliphatic rings. The predicted octanol–water partition coefficient (Wildman–Crippen LogP) is 16.8. The van der Waals surface area contributed by atoms with E-state index < -0.39 is 0 Å². The first-order valence-corrected chi connectivity index (χ1v) is 22.4. The van der Waals surface area contributed by atoms with E-state index in [1.807, 2.05) is 12.1 Å². The van der Waals surface area contributed by atoms with Gasteiger partial charge in [-0.05, 0) is 113 Å². The molecule has 0 N–H and O–H groups in total. The first-order valence-electron chi connectivity index (χ1n) is 22.4. The minimum Gasteiger partial charge on any atom is -0.455 e. The normalized spacial score (nSPS) is 14.3. The summed E-state index contributed by atoms with van der Waals surface area (Å²) in [6.07, 6.45) is 0. The van der Waals surface area contributed by atoms with Gasteiger partial charge in [-0.2, -0.15) is 0 Å². The van der Waals surface area contributed by atoms with Crippen LogP contribution in [0.25, 0.3) is 82.8 Å². The Morgan fingerprint density at radius 2 is 1.00 bits per heavy atom. The van der Waals surface area contributed by atoms with Gasteiger partial charge in [-0.3, -0.25) is 0 Å². The second kappa shape index (κ2) is 14.6. The maximum absolute atomic E-state index is 6.50.